The van der Waals surface area contributed by atoms with Gasteiger partial charge in [-0.05, 0) is 18.9 Å². The predicted octanol–water partition coefficient (Wildman–Crippen LogP) is 2.59. The fourth-order valence-electron chi connectivity index (χ4n) is 1.67. The Hall–Kier alpha value is -1.00. The summed E-state index contributed by atoms with van der Waals surface area (Å²) >= 11 is 1.61. The highest BCUT2D eigenvalue weighted by Crippen LogP contribution is 2.17. The highest BCUT2D eigenvalue weighted by molar-refractivity contribution is 7.99. The molecule has 1 aromatic carbocycles. The van der Waals surface area contributed by atoms with Gasteiger partial charge in [-0.3, -0.25) is 4.79 Å². The predicted molar refractivity (Wildman–Crippen MR) is 81.1 cm³/mol. The largest absolute Gasteiger partial charge is 0.391 e. The van der Waals surface area contributed by atoms with Gasteiger partial charge in [-0.1, -0.05) is 43.7 Å². The van der Waals surface area contributed by atoms with Crippen molar-refractivity contribution in [2.24, 2.45) is 0 Å². The third-order valence-corrected chi connectivity index (χ3v) is 4.06. The molecule has 0 heterocycles. The highest BCUT2D eigenvalue weighted by Gasteiger charge is 2.14. The number of amides is 1. The summed E-state index contributed by atoms with van der Waals surface area (Å²) in [6, 6.07) is 10.1. The summed E-state index contributed by atoms with van der Waals surface area (Å²) in [5.74, 6) is 0.823. The second-order valence-corrected chi connectivity index (χ2v) is 5.96. The van der Waals surface area contributed by atoms with Crippen molar-refractivity contribution in [3.63, 3.8) is 0 Å². The Morgan fingerprint density at radius 2 is 2.05 bits per heavy atom. The average Bonchev–Trinajstić information content (AvgIpc) is 2.43. The van der Waals surface area contributed by atoms with Crippen molar-refractivity contribution >= 4 is 17.7 Å². The number of carbonyl (C=O) groups excluding carboxylic acids is 1. The molecule has 1 amide bonds. The van der Waals surface area contributed by atoms with Gasteiger partial charge in [-0.25, -0.2) is 0 Å². The van der Waals surface area contributed by atoms with Gasteiger partial charge in [-0.2, -0.15) is 0 Å². The minimum atomic E-state index is -0.430. The van der Waals surface area contributed by atoms with E-state index in [0.29, 0.717) is 6.54 Å². The molecule has 1 rings (SSSR count). The molecule has 0 bridgehead atoms. The fraction of sp³-hybridized carbons (Fsp3) is 0.533. The SMILES string of the molecule is CCCC(O)CNC(=O)C(C)SCc1ccccc1. The smallest absolute Gasteiger partial charge is 0.232 e. The Labute approximate surface area is 119 Å². The van der Waals surface area contributed by atoms with Crippen LogP contribution in [-0.4, -0.2) is 28.9 Å². The van der Waals surface area contributed by atoms with Crippen molar-refractivity contribution in [2.75, 3.05) is 6.54 Å². The molecule has 106 valence electrons. The molecule has 0 saturated carbocycles. The van der Waals surface area contributed by atoms with Gasteiger partial charge in [-0.15, -0.1) is 11.8 Å². The lowest BCUT2D eigenvalue weighted by atomic mass is 10.2. The summed E-state index contributed by atoms with van der Waals surface area (Å²) in [6.07, 6.45) is 1.22. The van der Waals surface area contributed by atoms with Gasteiger partial charge in [0.05, 0.1) is 11.4 Å². The van der Waals surface area contributed by atoms with Gasteiger partial charge in [0.1, 0.15) is 0 Å². The van der Waals surface area contributed by atoms with E-state index >= 15 is 0 Å². The normalized spacial score (nSPS) is 13.8. The van der Waals surface area contributed by atoms with Crippen LogP contribution in [-0.2, 0) is 10.5 Å². The zero-order valence-electron chi connectivity index (χ0n) is 11.6. The number of hydrogen-bond donors (Lipinski definition) is 2. The van der Waals surface area contributed by atoms with E-state index in [9.17, 15) is 9.90 Å². The minimum absolute atomic E-state index is 0.00363. The van der Waals surface area contributed by atoms with Crippen molar-refractivity contribution in [3.8, 4) is 0 Å². The number of rotatable bonds is 8. The Morgan fingerprint density at radius 1 is 1.37 bits per heavy atom. The summed E-state index contributed by atoms with van der Waals surface area (Å²) in [6.45, 7) is 4.27. The maximum Gasteiger partial charge on any atom is 0.232 e. The first-order chi connectivity index (χ1) is 9.13. The average molecular weight is 281 g/mol. The van der Waals surface area contributed by atoms with E-state index in [4.69, 9.17) is 0 Å². The van der Waals surface area contributed by atoms with Crippen LogP contribution in [0, 0.1) is 0 Å². The van der Waals surface area contributed by atoms with Crippen LogP contribution in [0.4, 0.5) is 0 Å². The molecule has 0 radical (unpaired) electrons. The maximum absolute atomic E-state index is 11.8. The van der Waals surface area contributed by atoms with Crippen molar-refractivity contribution in [2.45, 2.75) is 43.8 Å². The number of thioether (sulfide) groups is 1. The third kappa shape index (κ3) is 6.64. The maximum atomic E-state index is 11.8. The molecule has 0 spiro atoms. The van der Waals surface area contributed by atoms with Gasteiger partial charge in [0.2, 0.25) is 5.91 Å². The number of hydrogen-bond acceptors (Lipinski definition) is 3. The summed E-state index contributed by atoms with van der Waals surface area (Å²) in [4.78, 5) is 11.8. The Bertz CT molecular complexity index is 370. The van der Waals surface area contributed by atoms with Gasteiger partial charge in [0.15, 0.2) is 0 Å². The Balaban J connectivity index is 2.25. The first kappa shape index (κ1) is 16.1. The van der Waals surface area contributed by atoms with Crippen LogP contribution in [0.15, 0.2) is 30.3 Å². The van der Waals surface area contributed by atoms with Gasteiger partial charge >= 0.3 is 0 Å². The van der Waals surface area contributed by atoms with Crippen molar-refractivity contribution in [3.05, 3.63) is 35.9 Å². The molecule has 0 aliphatic rings. The number of aliphatic hydroxyl groups excluding tert-OH is 1. The lowest BCUT2D eigenvalue weighted by molar-refractivity contribution is -0.120. The van der Waals surface area contributed by atoms with Crippen LogP contribution in [0.2, 0.25) is 0 Å². The highest BCUT2D eigenvalue weighted by atomic mass is 32.2. The van der Waals surface area contributed by atoms with Crippen molar-refractivity contribution < 1.29 is 9.90 Å². The van der Waals surface area contributed by atoms with Crippen LogP contribution < -0.4 is 5.32 Å². The third-order valence-electron chi connectivity index (χ3n) is 2.85. The molecule has 1 aromatic rings. The van der Waals surface area contributed by atoms with Gasteiger partial charge in [0, 0.05) is 12.3 Å². The molecular formula is C15H23NO2S. The number of nitrogens with one attached hydrogen (secondary N) is 1. The summed E-state index contributed by atoms with van der Waals surface area (Å²) < 4.78 is 0. The number of aliphatic hydroxyl groups is 1. The van der Waals surface area contributed by atoms with Crippen LogP contribution >= 0.6 is 11.8 Å². The van der Waals surface area contributed by atoms with Crippen LogP contribution in [0.3, 0.4) is 0 Å². The van der Waals surface area contributed by atoms with Crippen molar-refractivity contribution in [1.82, 2.24) is 5.32 Å². The molecule has 0 fully saturated rings. The molecule has 0 saturated heterocycles. The van der Waals surface area contributed by atoms with E-state index in [1.807, 2.05) is 32.0 Å². The Morgan fingerprint density at radius 3 is 2.68 bits per heavy atom. The number of carbonyl (C=O) groups is 1. The van der Waals surface area contributed by atoms with Gasteiger partial charge < -0.3 is 10.4 Å². The molecule has 0 aliphatic heterocycles. The fourth-order valence-corrected chi connectivity index (χ4v) is 2.54. The molecular weight excluding hydrogens is 258 g/mol. The van der Waals surface area contributed by atoms with Crippen molar-refractivity contribution in [1.29, 1.82) is 0 Å². The lowest BCUT2D eigenvalue weighted by Crippen LogP contribution is -2.36. The van der Waals surface area contributed by atoms with E-state index in [0.717, 1.165) is 18.6 Å². The zero-order valence-corrected chi connectivity index (χ0v) is 12.5. The molecule has 2 unspecified atom stereocenters. The standard InChI is InChI=1S/C15H23NO2S/c1-3-7-14(17)10-16-15(18)12(2)19-11-13-8-5-4-6-9-13/h4-6,8-9,12,14,17H,3,7,10-11H2,1-2H3,(H,16,18). The van der Waals surface area contributed by atoms with Crippen LogP contribution in [0.5, 0.6) is 0 Å². The zero-order chi connectivity index (χ0) is 14.1. The second-order valence-electron chi connectivity index (χ2n) is 4.63. The lowest BCUT2D eigenvalue weighted by Gasteiger charge is -2.14. The summed E-state index contributed by atoms with van der Waals surface area (Å²) in [5, 5.41) is 12.3. The first-order valence-corrected chi connectivity index (χ1v) is 7.79. The molecule has 3 nitrogen and oxygen atoms in total. The van der Waals surface area contributed by atoms with E-state index in [1.54, 1.807) is 11.8 Å². The van der Waals surface area contributed by atoms with Crippen LogP contribution in [0.1, 0.15) is 32.3 Å². The van der Waals surface area contributed by atoms with Gasteiger partial charge in [0.25, 0.3) is 0 Å². The second kappa shape index (κ2) is 8.99. The summed E-state index contributed by atoms with van der Waals surface area (Å²) in [7, 11) is 0. The molecule has 0 aliphatic carbocycles. The molecule has 0 aromatic heterocycles. The summed E-state index contributed by atoms with van der Waals surface area (Å²) in [5.41, 5.74) is 1.22. The Kier molecular flexibility index (Phi) is 7.60. The molecule has 2 atom stereocenters. The number of benzene rings is 1. The topological polar surface area (TPSA) is 49.3 Å². The first-order valence-electron chi connectivity index (χ1n) is 6.74. The van der Waals surface area contributed by atoms with E-state index < -0.39 is 6.10 Å². The molecule has 2 N–H and O–H groups in total. The minimum Gasteiger partial charge on any atom is -0.391 e. The van der Waals surface area contributed by atoms with E-state index in [1.165, 1.54) is 5.56 Å². The molecule has 4 heteroatoms. The quantitative estimate of drug-likeness (QED) is 0.770. The monoisotopic (exact) mass is 281 g/mol. The van der Waals surface area contributed by atoms with E-state index in [-0.39, 0.29) is 11.2 Å². The molecule has 19 heavy (non-hydrogen) atoms. The van der Waals surface area contributed by atoms with Crippen LogP contribution in [0.25, 0.3) is 0 Å². The van der Waals surface area contributed by atoms with E-state index in [2.05, 4.69) is 17.4 Å².